The third-order valence-corrected chi connectivity index (χ3v) is 7.95. The molecule has 2 spiro atoms. The number of amidine groups is 1. The number of unbranched alkanes of at least 4 members (excludes halogenated alkanes) is 1. The highest BCUT2D eigenvalue weighted by atomic mass is 16.3. The molecular weight excluding hydrogens is 436 g/mol. The van der Waals surface area contributed by atoms with Gasteiger partial charge in [0.15, 0.2) is 0 Å². The van der Waals surface area contributed by atoms with Crippen LogP contribution in [0.25, 0.3) is 0 Å². The molecular formula is C24H30N6O4. The van der Waals surface area contributed by atoms with Gasteiger partial charge in [-0.2, -0.15) is 0 Å². The minimum absolute atomic E-state index is 0.0358. The number of aromatic hydroxyl groups is 1. The van der Waals surface area contributed by atoms with Crippen LogP contribution >= 0.6 is 0 Å². The number of nitrogens with two attached hydrogens (primary N) is 1. The second-order valence-corrected chi connectivity index (χ2v) is 10.1. The molecule has 0 atom stereocenters. The van der Waals surface area contributed by atoms with Crippen molar-refractivity contribution in [1.29, 1.82) is 5.41 Å². The van der Waals surface area contributed by atoms with E-state index in [2.05, 4.69) is 10.3 Å². The second kappa shape index (κ2) is 7.82. The van der Waals surface area contributed by atoms with Crippen LogP contribution in [0.5, 0.6) is 5.88 Å². The van der Waals surface area contributed by atoms with Gasteiger partial charge in [0.25, 0.3) is 11.5 Å². The van der Waals surface area contributed by atoms with Gasteiger partial charge >= 0.3 is 5.69 Å². The van der Waals surface area contributed by atoms with Gasteiger partial charge < -0.3 is 16.2 Å². The number of nitrogen functional groups attached to an aromatic ring is 1. The zero-order valence-electron chi connectivity index (χ0n) is 19.3. The van der Waals surface area contributed by atoms with Crippen molar-refractivity contribution in [2.45, 2.75) is 76.4 Å². The molecule has 180 valence electrons. The number of hydrogen-bond donors (Lipinski definition) is 4. The summed E-state index contributed by atoms with van der Waals surface area (Å²) in [6, 6.07) is 3.26. The highest BCUT2D eigenvalue weighted by Gasteiger charge is 2.60. The lowest BCUT2D eigenvalue weighted by molar-refractivity contribution is -0.0356. The number of carbonyl (C=O) groups is 1. The van der Waals surface area contributed by atoms with Crippen LogP contribution in [0.15, 0.2) is 27.9 Å². The van der Waals surface area contributed by atoms with Crippen LogP contribution in [0.4, 0.5) is 0 Å². The molecule has 3 aliphatic rings. The van der Waals surface area contributed by atoms with Gasteiger partial charge in [0.1, 0.15) is 11.4 Å². The molecule has 0 radical (unpaired) electrons. The third-order valence-electron chi connectivity index (χ3n) is 7.95. The van der Waals surface area contributed by atoms with Crippen molar-refractivity contribution in [3.05, 3.63) is 56.0 Å². The number of fused-ring (bicyclic) bond motifs is 2. The number of hydrogen-bond acceptors (Lipinski definition) is 6. The number of carbonyl (C=O) groups excluding carboxylic acids is 1. The third kappa shape index (κ3) is 3.19. The highest BCUT2D eigenvalue weighted by molar-refractivity contribution is 5.99. The zero-order chi connectivity index (χ0) is 24.3. The summed E-state index contributed by atoms with van der Waals surface area (Å²) in [6.45, 7) is 2.23. The molecule has 2 saturated carbocycles. The predicted molar refractivity (Wildman–Crippen MR) is 125 cm³/mol. The normalized spacial score (nSPS) is 27.4. The van der Waals surface area contributed by atoms with E-state index >= 15 is 0 Å². The fourth-order valence-electron chi connectivity index (χ4n) is 6.36. The molecule has 5 rings (SSSR count). The van der Waals surface area contributed by atoms with Crippen LogP contribution in [-0.2, 0) is 12.1 Å². The summed E-state index contributed by atoms with van der Waals surface area (Å²) >= 11 is 0. The van der Waals surface area contributed by atoms with Gasteiger partial charge in [-0.1, -0.05) is 13.3 Å². The minimum atomic E-state index is -0.699. The molecule has 3 heterocycles. The van der Waals surface area contributed by atoms with Crippen molar-refractivity contribution in [3.8, 4) is 5.88 Å². The Hall–Kier alpha value is -3.43. The first-order chi connectivity index (χ1) is 16.2. The van der Waals surface area contributed by atoms with Crippen molar-refractivity contribution in [2.24, 2.45) is 11.1 Å². The first-order valence-corrected chi connectivity index (χ1v) is 11.9. The summed E-state index contributed by atoms with van der Waals surface area (Å²) in [6.07, 6.45) is 7.66. The lowest BCUT2D eigenvalue weighted by Gasteiger charge is -2.57. The molecule has 2 fully saturated rings. The molecule has 0 bridgehead atoms. The SMILES string of the molecule is CCCCn1c(O)c(C(=N)N)c(=O)n(C2CCC3(CC2)CC2(C3)NC(=O)c3cccnc32)c1=O. The standard InChI is InChI=1S/C24H30N6O4/c1-2-3-11-29-20(32)16(18(25)26)21(33)30(22(29)34)14-6-8-23(9-7-14)12-24(13-23)17-15(19(31)28-24)5-4-10-27-17/h4-5,10,14,32H,2-3,6-9,11-13H2,1H3,(H3,25,26)(H,28,31). The van der Waals surface area contributed by atoms with E-state index in [9.17, 15) is 19.5 Å². The van der Waals surface area contributed by atoms with E-state index in [0.29, 0.717) is 24.8 Å². The van der Waals surface area contributed by atoms with Crippen molar-refractivity contribution < 1.29 is 9.90 Å². The lowest BCUT2D eigenvalue weighted by atomic mass is 9.51. The van der Waals surface area contributed by atoms with Gasteiger partial charge in [0.2, 0.25) is 5.88 Å². The summed E-state index contributed by atoms with van der Waals surface area (Å²) in [4.78, 5) is 43.2. The van der Waals surface area contributed by atoms with E-state index in [0.717, 1.165) is 37.8 Å². The monoisotopic (exact) mass is 466 g/mol. The number of nitrogens with zero attached hydrogens (tertiary/aromatic N) is 3. The van der Waals surface area contributed by atoms with Crippen molar-refractivity contribution >= 4 is 11.7 Å². The number of rotatable bonds is 5. The second-order valence-electron chi connectivity index (χ2n) is 10.1. The molecule has 2 aromatic heterocycles. The van der Waals surface area contributed by atoms with E-state index in [4.69, 9.17) is 11.1 Å². The van der Waals surface area contributed by atoms with E-state index in [-0.39, 0.29) is 29.5 Å². The zero-order valence-corrected chi connectivity index (χ0v) is 19.3. The quantitative estimate of drug-likeness (QED) is 0.388. The fraction of sp³-hybridized carbons (Fsp3) is 0.542. The number of pyridine rings is 1. The number of amides is 1. The molecule has 10 heteroatoms. The van der Waals surface area contributed by atoms with E-state index in [1.165, 1.54) is 9.13 Å². The average molecular weight is 467 g/mol. The maximum Gasteiger partial charge on any atom is 0.334 e. The van der Waals surface area contributed by atoms with Gasteiger partial charge in [0, 0.05) is 18.8 Å². The number of aromatic nitrogens is 3. The van der Waals surface area contributed by atoms with Crippen molar-refractivity contribution in [3.63, 3.8) is 0 Å². The van der Waals surface area contributed by atoms with E-state index in [1.54, 1.807) is 12.3 Å². The first kappa shape index (κ1) is 22.4. The Bertz CT molecular complexity index is 1290. The van der Waals surface area contributed by atoms with Crippen LogP contribution in [-0.4, -0.2) is 31.0 Å². The summed E-state index contributed by atoms with van der Waals surface area (Å²) in [5, 5.41) is 21.4. The molecule has 2 aromatic rings. The Morgan fingerprint density at radius 2 is 2.00 bits per heavy atom. The van der Waals surface area contributed by atoms with Crippen LogP contribution in [0.1, 0.15) is 85.9 Å². The maximum absolute atomic E-state index is 13.2. The summed E-state index contributed by atoms with van der Waals surface area (Å²) in [7, 11) is 0. The van der Waals surface area contributed by atoms with Crippen LogP contribution in [0, 0.1) is 10.8 Å². The Kier molecular flexibility index (Phi) is 5.14. The van der Waals surface area contributed by atoms with Gasteiger partial charge in [-0.05, 0) is 62.5 Å². The molecule has 5 N–H and O–H groups in total. The Morgan fingerprint density at radius 1 is 1.29 bits per heavy atom. The van der Waals surface area contributed by atoms with Crippen molar-refractivity contribution in [1.82, 2.24) is 19.4 Å². The molecule has 34 heavy (non-hydrogen) atoms. The smallest absolute Gasteiger partial charge is 0.334 e. The predicted octanol–water partition coefficient (Wildman–Crippen LogP) is 1.73. The average Bonchev–Trinajstić information content (AvgIpc) is 3.07. The molecule has 0 aromatic carbocycles. The molecule has 2 aliphatic carbocycles. The number of nitrogens with one attached hydrogen (secondary N) is 2. The molecule has 0 unspecified atom stereocenters. The van der Waals surface area contributed by atoms with Gasteiger partial charge in [-0.15, -0.1) is 0 Å². The van der Waals surface area contributed by atoms with Crippen LogP contribution < -0.4 is 22.3 Å². The van der Waals surface area contributed by atoms with Crippen LogP contribution in [0.3, 0.4) is 0 Å². The van der Waals surface area contributed by atoms with Crippen molar-refractivity contribution in [2.75, 3.05) is 0 Å². The lowest BCUT2D eigenvalue weighted by Crippen LogP contribution is -2.58. The molecule has 1 amide bonds. The Labute approximate surface area is 196 Å². The van der Waals surface area contributed by atoms with Gasteiger partial charge in [0.05, 0.1) is 16.8 Å². The molecule has 0 saturated heterocycles. The Morgan fingerprint density at radius 3 is 2.65 bits per heavy atom. The topological polar surface area (TPSA) is 156 Å². The van der Waals surface area contributed by atoms with E-state index < -0.39 is 28.5 Å². The van der Waals surface area contributed by atoms with Crippen LogP contribution in [0.2, 0.25) is 0 Å². The minimum Gasteiger partial charge on any atom is -0.494 e. The maximum atomic E-state index is 13.2. The summed E-state index contributed by atoms with van der Waals surface area (Å²) in [5.41, 5.74) is 5.14. The Balaban J connectivity index is 1.40. The largest absolute Gasteiger partial charge is 0.494 e. The van der Waals surface area contributed by atoms with Gasteiger partial charge in [-0.3, -0.25) is 29.1 Å². The first-order valence-electron chi connectivity index (χ1n) is 11.9. The van der Waals surface area contributed by atoms with Gasteiger partial charge in [-0.25, -0.2) is 4.79 Å². The fourth-order valence-corrected chi connectivity index (χ4v) is 6.36. The molecule has 1 aliphatic heterocycles. The molecule has 10 nitrogen and oxygen atoms in total. The van der Waals surface area contributed by atoms with E-state index in [1.807, 2.05) is 13.0 Å². The summed E-state index contributed by atoms with van der Waals surface area (Å²) < 4.78 is 2.36. The summed E-state index contributed by atoms with van der Waals surface area (Å²) in [5.74, 6) is -1.15. The highest BCUT2D eigenvalue weighted by Crippen LogP contribution is 2.62.